The van der Waals surface area contributed by atoms with Gasteiger partial charge >= 0.3 is 0 Å². The van der Waals surface area contributed by atoms with Crippen molar-refractivity contribution in [3.8, 4) is 11.6 Å². The highest BCUT2D eigenvalue weighted by Gasteiger charge is 2.04. The third-order valence-corrected chi connectivity index (χ3v) is 2.71. The first-order valence-corrected chi connectivity index (χ1v) is 6.45. The van der Waals surface area contributed by atoms with E-state index < -0.39 is 0 Å². The summed E-state index contributed by atoms with van der Waals surface area (Å²) in [6.07, 6.45) is 1.79. The molecule has 2 aromatic rings. The number of methoxy groups -OCH3 is 1. The second-order valence-corrected chi connectivity index (χ2v) is 4.30. The molecule has 0 aliphatic heterocycles. The van der Waals surface area contributed by atoms with E-state index in [0.717, 1.165) is 0 Å². The first-order chi connectivity index (χ1) is 10.2. The summed E-state index contributed by atoms with van der Waals surface area (Å²) < 4.78 is 10.4. The summed E-state index contributed by atoms with van der Waals surface area (Å²) in [6.45, 7) is 0.291. The first-order valence-electron chi connectivity index (χ1n) is 6.45. The summed E-state index contributed by atoms with van der Waals surface area (Å²) in [7, 11) is 1.54. The topological polar surface area (TPSA) is 86.5 Å². The molecule has 0 atom stereocenters. The van der Waals surface area contributed by atoms with Gasteiger partial charge in [-0.15, -0.1) is 0 Å². The number of hydrogen-bond acceptors (Lipinski definition) is 5. The monoisotopic (exact) mass is 287 g/mol. The molecule has 0 unspecified atom stereocenters. The minimum atomic E-state index is -0.141. The van der Waals surface area contributed by atoms with Crippen LogP contribution in [0.5, 0.6) is 11.6 Å². The van der Waals surface area contributed by atoms with Gasteiger partial charge in [-0.25, -0.2) is 4.98 Å². The Labute approximate surface area is 122 Å². The van der Waals surface area contributed by atoms with Crippen LogP contribution < -0.4 is 20.5 Å². The zero-order valence-corrected chi connectivity index (χ0v) is 11.7. The van der Waals surface area contributed by atoms with E-state index in [9.17, 15) is 4.79 Å². The standard InChI is InChI=1S/C15H17N3O3/c1-20-15-7-4-12(10-17-15)18-14(19)8-9-21-13-5-2-11(16)3-6-13/h2-7,10H,8-9,16H2,1H3,(H,18,19). The largest absolute Gasteiger partial charge is 0.493 e. The fourth-order valence-electron chi connectivity index (χ4n) is 1.62. The number of pyridine rings is 1. The molecule has 0 aliphatic carbocycles. The van der Waals surface area contributed by atoms with Gasteiger partial charge < -0.3 is 20.5 Å². The fourth-order valence-corrected chi connectivity index (χ4v) is 1.62. The molecule has 110 valence electrons. The summed E-state index contributed by atoms with van der Waals surface area (Å²) in [5, 5.41) is 2.73. The normalized spacial score (nSPS) is 9.95. The third-order valence-electron chi connectivity index (χ3n) is 2.71. The van der Waals surface area contributed by atoms with Crippen molar-refractivity contribution in [2.24, 2.45) is 0 Å². The van der Waals surface area contributed by atoms with Gasteiger partial charge in [-0.3, -0.25) is 4.79 Å². The number of benzene rings is 1. The lowest BCUT2D eigenvalue weighted by Crippen LogP contribution is -2.15. The Kier molecular flexibility index (Phi) is 4.98. The van der Waals surface area contributed by atoms with Crippen LogP contribution in [0.4, 0.5) is 11.4 Å². The number of carbonyl (C=O) groups excluding carboxylic acids is 1. The van der Waals surface area contributed by atoms with E-state index in [1.807, 2.05) is 0 Å². The van der Waals surface area contributed by atoms with Crippen LogP contribution >= 0.6 is 0 Å². The predicted molar refractivity (Wildman–Crippen MR) is 80.4 cm³/mol. The van der Waals surface area contributed by atoms with Crippen LogP contribution in [0.3, 0.4) is 0 Å². The molecule has 6 nitrogen and oxygen atoms in total. The highest BCUT2D eigenvalue weighted by molar-refractivity contribution is 5.90. The molecule has 0 radical (unpaired) electrons. The van der Waals surface area contributed by atoms with E-state index in [4.69, 9.17) is 15.2 Å². The van der Waals surface area contributed by atoms with E-state index in [1.54, 1.807) is 36.4 Å². The van der Waals surface area contributed by atoms with Crippen molar-refractivity contribution >= 4 is 17.3 Å². The Balaban J connectivity index is 1.75. The van der Waals surface area contributed by atoms with Crippen LogP contribution in [0.2, 0.25) is 0 Å². The SMILES string of the molecule is COc1ccc(NC(=O)CCOc2ccc(N)cc2)cn1. The van der Waals surface area contributed by atoms with Crippen molar-refractivity contribution in [1.82, 2.24) is 4.98 Å². The van der Waals surface area contributed by atoms with Gasteiger partial charge in [0.1, 0.15) is 5.75 Å². The lowest BCUT2D eigenvalue weighted by Gasteiger charge is -2.07. The van der Waals surface area contributed by atoms with E-state index in [1.165, 1.54) is 13.3 Å². The maximum absolute atomic E-state index is 11.7. The van der Waals surface area contributed by atoms with Crippen LogP contribution in [0, 0.1) is 0 Å². The molecule has 0 spiro atoms. The summed E-state index contributed by atoms with van der Waals surface area (Å²) >= 11 is 0. The number of aromatic nitrogens is 1. The van der Waals surface area contributed by atoms with E-state index in [2.05, 4.69) is 10.3 Å². The second-order valence-electron chi connectivity index (χ2n) is 4.30. The number of anilines is 2. The summed E-state index contributed by atoms with van der Waals surface area (Å²) in [4.78, 5) is 15.7. The van der Waals surface area contributed by atoms with Crippen LogP contribution in [0.1, 0.15) is 6.42 Å². The lowest BCUT2D eigenvalue weighted by molar-refractivity contribution is -0.116. The molecule has 3 N–H and O–H groups in total. The van der Waals surface area contributed by atoms with Gasteiger partial charge in [-0.05, 0) is 30.3 Å². The van der Waals surface area contributed by atoms with Gasteiger partial charge in [0.05, 0.1) is 32.0 Å². The van der Waals surface area contributed by atoms with Crippen molar-refractivity contribution in [2.45, 2.75) is 6.42 Å². The quantitative estimate of drug-likeness (QED) is 0.794. The number of nitrogens with one attached hydrogen (secondary N) is 1. The van der Waals surface area contributed by atoms with Crippen LogP contribution in [0.25, 0.3) is 0 Å². The van der Waals surface area contributed by atoms with Gasteiger partial charge in [0.15, 0.2) is 0 Å². The van der Waals surface area contributed by atoms with E-state index in [0.29, 0.717) is 29.6 Å². The summed E-state index contributed by atoms with van der Waals surface area (Å²) in [6, 6.07) is 10.4. The summed E-state index contributed by atoms with van der Waals surface area (Å²) in [5.74, 6) is 1.04. The van der Waals surface area contributed by atoms with Crippen LogP contribution in [0.15, 0.2) is 42.6 Å². The molecule has 0 saturated carbocycles. The third kappa shape index (κ3) is 4.68. The molecule has 2 rings (SSSR count). The van der Waals surface area contributed by atoms with Crippen LogP contribution in [-0.2, 0) is 4.79 Å². The maximum atomic E-state index is 11.7. The van der Waals surface area contributed by atoms with E-state index in [-0.39, 0.29) is 12.3 Å². The summed E-state index contributed by atoms with van der Waals surface area (Å²) in [5.41, 5.74) is 6.87. The Morgan fingerprint density at radius 2 is 2.00 bits per heavy atom. The number of ether oxygens (including phenoxy) is 2. The van der Waals surface area contributed by atoms with Gasteiger partial charge in [0.2, 0.25) is 11.8 Å². The molecule has 1 aromatic carbocycles. The average Bonchev–Trinajstić information content (AvgIpc) is 2.50. The minimum absolute atomic E-state index is 0.141. The molecule has 6 heteroatoms. The smallest absolute Gasteiger partial charge is 0.227 e. The Hall–Kier alpha value is -2.76. The molecule has 0 bridgehead atoms. The van der Waals surface area contributed by atoms with Gasteiger partial charge in [-0.1, -0.05) is 0 Å². The number of hydrogen-bond donors (Lipinski definition) is 2. The average molecular weight is 287 g/mol. The van der Waals surface area contributed by atoms with Crippen molar-refractivity contribution < 1.29 is 14.3 Å². The minimum Gasteiger partial charge on any atom is -0.493 e. The number of carbonyl (C=O) groups is 1. The highest BCUT2D eigenvalue weighted by atomic mass is 16.5. The van der Waals surface area contributed by atoms with E-state index >= 15 is 0 Å². The Morgan fingerprint density at radius 1 is 1.24 bits per heavy atom. The lowest BCUT2D eigenvalue weighted by atomic mass is 10.3. The number of nitrogens with zero attached hydrogens (tertiary/aromatic N) is 1. The molecule has 1 aromatic heterocycles. The molecule has 0 saturated heterocycles. The number of nitrogen functional groups attached to an aromatic ring is 1. The molecule has 1 heterocycles. The molecule has 1 amide bonds. The molecule has 21 heavy (non-hydrogen) atoms. The van der Waals surface area contributed by atoms with Gasteiger partial charge in [0, 0.05) is 11.8 Å². The maximum Gasteiger partial charge on any atom is 0.227 e. The molecule has 0 fully saturated rings. The Morgan fingerprint density at radius 3 is 2.62 bits per heavy atom. The zero-order chi connectivity index (χ0) is 15.1. The van der Waals surface area contributed by atoms with Crippen molar-refractivity contribution in [1.29, 1.82) is 0 Å². The van der Waals surface area contributed by atoms with Crippen LogP contribution in [-0.4, -0.2) is 24.6 Å². The predicted octanol–water partition coefficient (Wildman–Crippen LogP) is 2.08. The number of nitrogens with two attached hydrogens (primary N) is 1. The number of amides is 1. The van der Waals surface area contributed by atoms with Gasteiger partial charge in [0.25, 0.3) is 0 Å². The molecular formula is C15H17N3O3. The van der Waals surface area contributed by atoms with Crippen molar-refractivity contribution in [2.75, 3.05) is 24.8 Å². The highest BCUT2D eigenvalue weighted by Crippen LogP contribution is 2.14. The molecular weight excluding hydrogens is 270 g/mol. The van der Waals surface area contributed by atoms with Gasteiger partial charge in [-0.2, -0.15) is 0 Å². The van der Waals surface area contributed by atoms with Crippen molar-refractivity contribution in [3.05, 3.63) is 42.6 Å². The number of rotatable bonds is 6. The zero-order valence-electron chi connectivity index (χ0n) is 11.7. The fraction of sp³-hybridized carbons (Fsp3) is 0.200. The molecule has 0 aliphatic rings. The second kappa shape index (κ2) is 7.14. The Bertz CT molecular complexity index is 582. The first kappa shape index (κ1) is 14.6. The van der Waals surface area contributed by atoms with Crippen molar-refractivity contribution in [3.63, 3.8) is 0 Å².